The van der Waals surface area contributed by atoms with Crippen LogP contribution in [0, 0.1) is 37.0 Å². The lowest BCUT2D eigenvalue weighted by Gasteiger charge is -2.25. The molecule has 0 atom stereocenters. The van der Waals surface area contributed by atoms with Crippen LogP contribution in [0.15, 0.2) is 40.6 Å². The predicted molar refractivity (Wildman–Crippen MR) is 130 cm³/mol. The number of non-ortho nitro benzene ring substituents is 1. The van der Waals surface area contributed by atoms with Gasteiger partial charge < -0.3 is 19.1 Å². The van der Waals surface area contributed by atoms with E-state index >= 15 is 0 Å². The summed E-state index contributed by atoms with van der Waals surface area (Å²) in [5, 5.41) is 46.1. The van der Waals surface area contributed by atoms with Crippen LogP contribution in [0.25, 0.3) is 0 Å². The predicted octanol–water partition coefficient (Wildman–Crippen LogP) is 4.33. The lowest BCUT2D eigenvalue weighted by atomic mass is 10.1. The summed E-state index contributed by atoms with van der Waals surface area (Å²) in [5.74, 6) is -0.195. The van der Waals surface area contributed by atoms with Gasteiger partial charge in [0.15, 0.2) is 18.7 Å². The molecule has 15 nitrogen and oxygen atoms in total. The number of nitriles is 1. The first kappa shape index (κ1) is 28.1. The maximum atomic E-state index is 11.8. The van der Waals surface area contributed by atoms with Crippen molar-refractivity contribution in [3.63, 3.8) is 0 Å². The van der Waals surface area contributed by atoms with Crippen LogP contribution in [-0.2, 0) is 20.9 Å². The number of hydrogen-bond donors (Lipinski definition) is 1. The van der Waals surface area contributed by atoms with Crippen molar-refractivity contribution in [3.8, 4) is 11.8 Å². The monoisotopic (exact) mass is 513 g/mol. The first-order valence-corrected chi connectivity index (χ1v) is 10.7. The van der Waals surface area contributed by atoms with E-state index in [9.17, 15) is 25.0 Å². The second kappa shape index (κ2) is 13.7. The van der Waals surface area contributed by atoms with Crippen LogP contribution >= 0.6 is 0 Å². The number of methoxy groups -OCH3 is 1. The summed E-state index contributed by atoms with van der Waals surface area (Å²) in [5.41, 5.74) is -0.0459. The van der Waals surface area contributed by atoms with Crippen molar-refractivity contribution >= 4 is 40.8 Å². The minimum absolute atomic E-state index is 0.0102. The third-order valence-electron chi connectivity index (χ3n) is 4.94. The fourth-order valence-corrected chi connectivity index (χ4v) is 3.18. The Bertz CT molecular complexity index is 1240. The van der Waals surface area contributed by atoms with Gasteiger partial charge in [0.05, 0.1) is 40.8 Å². The average molecular weight is 513 g/mol. The number of nitrogens with zero attached hydrogens (tertiary/aromatic N) is 6. The molecule has 0 spiro atoms. The van der Waals surface area contributed by atoms with Gasteiger partial charge in [-0.05, 0) is 19.1 Å². The van der Waals surface area contributed by atoms with Gasteiger partial charge in [-0.3, -0.25) is 30.4 Å². The van der Waals surface area contributed by atoms with Crippen LogP contribution in [0.5, 0.6) is 5.75 Å². The highest BCUT2D eigenvalue weighted by molar-refractivity contribution is 5.72. The average Bonchev–Trinajstić information content (AvgIpc) is 2.89. The van der Waals surface area contributed by atoms with E-state index in [1.54, 1.807) is 12.1 Å². The second-order valence-electron chi connectivity index (χ2n) is 7.12. The molecule has 0 saturated heterocycles. The molecule has 0 aliphatic heterocycles. The van der Waals surface area contributed by atoms with Gasteiger partial charge in [0.2, 0.25) is 0 Å². The molecule has 2 aromatic carbocycles. The molecule has 0 radical (unpaired) electrons. The molecule has 0 aliphatic rings. The SMILES string of the molecule is CCN(CCC(=O)OCC#N)c1cc(COC=N)c(N=Nc2ccc([N+](=O)[O-])cc2[N+](=O)[O-])cc1OC. The summed E-state index contributed by atoms with van der Waals surface area (Å²) >= 11 is 0. The van der Waals surface area contributed by atoms with Gasteiger partial charge in [0.1, 0.15) is 18.4 Å². The molecule has 0 aromatic heterocycles. The number of nitro benzene ring substituents is 2. The van der Waals surface area contributed by atoms with Crippen molar-refractivity contribution in [3.05, 3.63) is 56.1 Å². The number of hydrogen-bond acceptors (Lipinski definition) is 13. The van der Waals surface area contributed by atoms with E-state index in [0.717, 1.165) is 24.6 Å². The second-order valence-corrected chi connectivity index (χ2v) is 7.12. The van der Waals surface area contributed by atoms with Gasteiger partial charge in [-0.2, -0.15) is 5.26 Å². The summed E-state index contributed by atoms with van der Waals surface area (Å²) in [7, 11) is 1.42. The van der Waals surface area contributed by atoms with Gasteiger partial charge in [-0.15, -0.1) is 10.2 Å². The Balaban J connectivity index is 2.47. The lowest BCUT2D eigenvalue weighted by Crippen LogP contribution is -2.27. The van der Waals surface area contributed by atoms with Crippen LogP contribution < -0.4 is 9.64 Å². The Morgan fingerprint density at radius 1 is 1.19 bits per heavy atom. The first-order chi connectivity index (χ1) is 17.7. The molecular weight excluding hydrogens is 490 g/mol. The number of azo groups is 1. The zero-order chi connectivity index (χ0) is 27.4. The molecule has 0 bridgehead atoms. The van der Waals surface area contributed by atoms with E-state index < -0.39 is 27.2 Å². The van der Waals surface area contributed by atoms with E-state index in [2.05, 4.69) is 10.2 Å². The molecule has 0 saturated carbocycles. The molecule has 1 N–H and O–H groups in total. The highest BCUT2D eigenvalue weighted by Crippen LogP contribution is 2.38. The topological polar surface area (TPSA) is 207 Å². The molecular formula is C22H23N7O8. The Morgan fingerprint density at radius 3 is 2.51 bits per heavy atom. The highest BCUT2D eigenvalue weighted by Gasteiger charge is 2.21. The first-order valence-electron chi connectivity index (χ1n) is 10.7. The third kappa shape index (κ3) is 7.68. The Labute approximate surface area is 210 Å². The fraction of sp³-hybridized carbons (Fsp3) is 0.318. The van der Waals surface area contributed by atoms with Gasteiger partial charge >= 0.3 is 11.7 Å². The molecule has 2 aromatic rings. The van der Waals surface area contributed by atoms with Crippen LogP contribution in [0.2, 0.25) is 0 Å². The number of esters is 1. The Morgan fingerprint density at radius 2 is 1.92 bits per heavy atom. The molecule has 37 heavy (non-hydrogen) atoms. The fourth-order valence-electron chi connectivity index (χ4n) is 3.18. The number of anilines is 1. The minimum Gasteiger partial charge on any atom is -0.495 e. The molecule has 2 rings (SSSR count). The summed E-state index contributed by atoms with van der Waals surface area (Å²) < 4.78 is 15.4. The van der Waals surface area contributed by atoms with Crippen LogP contribution in [-0.4, -0.2) is 49.0 Å². The number of carbonyl (C=O) groups excluding carboxylic acids is 1. The number of benzene rings is 2. The summed E-state index contributed by atoms with van der Waals surface area (Å²) in [6.45, 7) is 2.14. The van der Waals surface area contributed by atoms with Crippen LogP contribution in [0.4, 0.5) is 28.4 Å². The minimum atomic E-state index is -0.801. The quantitative estimate of drug-likeness (QED) is 0.0943. The largest absolute Gasteiger partial charge is 0.495 e. The molecule has 0 unspecified atom stereocenters. The van der Waals surface area contributed by atoms with Crippen molar-refractivity contribution in [1.29, 1.82) is 10.7 Å². The van der Waals surface area contributed by atoms with Crippen LogP contribution in [0.1, 0.15) is 18.9 Å². The Kier molecular flexibility index (Phi) is 10.4. The highest BCUT2D eigenvalue weighted by atomic mass is 16.6. The normalized spacial score (nSPS) is 10.4. The van der Waals surface area contributed by atoms with Gasteiger partial charge in [-0.1, -0.05) is 0 Å². The molecule has 194 valence electrons. The number of nitro groups is 2. The summed E-state index contributed by atoms with van der Waals surface area (Å²) in [6.07, 6.45) is 0.741. The zero-order valence-electron chi connectivity index (χ0n) is 19.9. The molecule has 0 amide bonds. The zero-order valence-corrected chi connectivity index (χ0v) is 19.9. The van der Waals surface area contributed by atoms with E-state index in [-0.39, 0.29) is 37.6 Å². The van der Waals surface area contributed by atoms with Crippen LogP contribution in [0.3, 0.4) is 0 Å². The molecule has 15 heteroatoms. The molecule has 0 fully saturated rings. The molecule has 0 heterocycles. The van der Waals surface area contributed by atoms with E-state index in [1.165, 1.54) is 13.2 Å². The van der Waals surface area contributed by atoms with E-state index in [4.69, 9.17) is 24.9 Å². The number of rotatable bonds is 14. The summed E-state index contributed by atoms with van der Waals surface area (Å²) in [6, 6.07) is 7.87. The van der Waals surface area contributed by atoms with E-state index in [1.807, 2.05) is 11.8 Å². The van der Waals surface area contributed by atoms with Crippen molar-refractivity contribution in [2.45, 2.75) is 20.0 Å². The van der Waals surface area contributed by atoms with Crippen molar-refractivity contribution in [1.82, 2.24) is 0 Å². The maximum Gasteiger partial charge on any atom is 0.308 e. The summed E-state index contributed by atoms with van der Waals surface area (Å²) in [4.78, 5) is 34.5. The van der Waals surface area contributed by atoms with Gasteiger partial charge in [0, 0.05) is 30.8 Å². The smallest absolute Gasteiger partial charge is 0.308 e. The maximum absolute atomic E-state index is 11.8. The molecule has 0 aliphatic carbocycles. The standard InChI is InChI=1S/C22H23N7O8/c1-3-27(8-6-22(30)37-9-7-23)20-10-15(13-36-14-24)18(12-21(20)35-2)26-25-17-5-4-16(28(31)32)11-19(17)29(33)34/h4-5,10-12,14,24H,3,6,8-9,13H2,1-2H3. The van der Waals surface area contributed by atoms with Crippen molar-refractivity contribution in [2.75, 3.05) is 31.7 Å². The Hall–Kier alpha value is -5.13. The number of carbonyl (C=O) groups is 1. The van der Waals surface area contributed by atoms with Gasteiger partial charge in [0.25, 0.3) is 5.69 Å². The number of nitrogens with one attached hydrogen (secondary N) is 1. The van der Waals surface area contributed by atoms with Crippen molar-refractivity contribution in [2.24, 2.45) is 10.2 Å². The lowest BCUT2D eigenvalue weighted by molar-refractivity contribution is -0.393. The number of ether oxygens (including phenoxy) is 3. The van der Waals surface area contributed by atoms with E-state index in [0.29, 0.717) is 23.5 Å². The van der Waals surface area contributed by atoms with Gasteiger partial charge in [-0.25, -0.2) is 0 Å². The van der Waals surface area contributed by atoms with Crippen molar-refractivity contribution < 1.29 is 28.9 Å². The third-order valence-corrected chi connectivity index (χ3v) is 4.94.